The van der Waals surface area contributed by atoms with Gasteiger partial charge < -0.3 is 19.8 Å². The van der Waals surface area contributed by atoms with Crippen molar-refractivity contribution in [2.45, 2.75) is 0 Å². The number of rotatable bonds is 7. The molecule has 0 aromatic heterocycles. The van der Waals surface area contributed by atoms with Crippen molar-refractivity contribution in [3.05, 3.63) is 72.8 Å². The second-order valence-corrected chi connectivity index (χ2v) is 5.69. The zero-order chi connectivity index (χ0) is 18.4. The molecule has 0 saturated carbocycles. The standard InChI is InChI=1S/C18H15N2O5P/c19-20-15-11-12-16(25-26(21)22)18(24-14-9-5-2-6-10-14)17(15)23-13-7-3-1-4-8-13/h1-12,20H,19H2. The van der Waals surface area contributed by atoms with Gasteiger partial charge in [-0.15, -0.1) is 0 Å². The predicted molar refractivity (Wildman–Crippen MR) is 95.5 cm³/mol. The molecule has 0 radical (unpaired) electrons. The number of para-hydroxylation sites is 2. The lowest BCUT2D eigenvalue weighted by Crippen LogP contribution is -2.09. The Bertz CT molecular complexity index is 891. The molecule has 0 aliphatic rings. The molecule has 3 rings (SSSR count). The number of ether oxygens (including phenoxy) is 2. The molecule has 0 fully saturated rings. The van der Waals surface area contributed by atoms with E-state index in [4.69, 9.17) is 19.8 Å². The van der Waals surface area contributed by atoms with Crippen LogP contribution in [0.4, 0.5) is 5.69 Å². The fourth-order valence-electron chi connectivity index (χ4n) is 2.22. The molecule has 0 amide bonds. The van der Waals surface area contributed by atoms with Crippen LogP contribution in [-0.2, 0) is 4.57 Å². The molecule has 0 bridgehead atoms. The molecule has 1 unspecified atom stereocenters. The Balaban J connectivity index is 2.09. The maximum atomic E-state index is 11.1. The van der Waals surface area contributed by atoms with Gasteiger partial charge in [0.05, 0.1) is 5.69 Å². The monoisotopic (exact) mass is 370 g/mol. The fraction of sp³-hybridized carbons (Fsp3) is 0. The van der Waals surface area contributed by atoms with E-state index in [1.54, 1.807) is 48.5 Å². The van der Waals surface area contributed by atoms with Gasteiger partial charge in [-0.3, -0.25) is 10.4 Å². The number of hydrogen-bond acceptors (Lipinski definition) is 7. The molecule has 1 atom stereocenters. The minimum atomic E-state index is -3.14. The first-order chi connectivity index (χ1) is 12.7. The number of hydrazine groups is 1. The molecule has 0 heterocycles. The maximum Gasteiger partial charge on any atom is 0.539 e. The van der Waals surface area contributed by atoms with Crippen molar-refractivity contribution in [1.82, 2.24) is 0 Å². The third-order valence-electron chi connectivity index (χ3n) is 3.33. The Labute approximate surface area is 150 Å². The van der Waals surface area contributed by atoms with Crippen LogP contribution in [0.25, 0.3) is 0 Å². The van der Waals surface area contributed by atoms with Gasteiger partial charge in [-0.25, -0.2) is 0 Å². The summed E-state index contributed by atoms with van der Waals surface area (Å²) in [5.74, 6) is 6.82. The predicted octanol–water partition coefficient (Wildman–Crippen LogP) is 3.95. The molecule has 7 nitrogen and oxygen atoms in total. The van der Waals surface area contributed by atoms with E-state index >= 15 is 0 Å². The number of benzene rings is 3. The van der Waals surface area contributed by atoms with Crippen LogP contribution in [0.5, 0.6) is 28.7 Å². The molecule has 0 aliphatic heterocycles. The molecule has 8 heteroatoms. The van der Waals surface area contributed by atoms with E-state index < -0.39 is 8.25 Å². The Hall–Kier alpha value is -3.12. The number of hydrogen-bond donors (Lipinski definition) is 2. The minimum Gasteiger partial charge on any atom is -0.558 e. The molecule has 0 saturated heterocycles. The summed E-state index contributed by atoms with van der Waals surface area (Å²) < 4.78 is 27.7. The van der Waals surface area contributed by atoms with Crippen molar-refractivity contribution in [3.63, 3.8) is 0 Å². The first-order valence-electron chi connectivity index (χ1n) is 7.59. The fourth-order valence-corrected chi connectivity index (χ4v) is 2.53. The van der Waals surface area contributed by atoms with Gasteiger partial charge in [-0.1, -0.05) is 36.4 Å². The summed E-state index contributed by atoms with van der Waals surface area (Å²) in [6.45, 7) is 0. The average Bonchev–Trinajstić information content (AvgIpc) is 2.66. The maximum absolute atomic E-state index is 11.1. The zero-order valence-electron chi connectivity index (χ0n) is 13.5. The van der Waals surface area contributed by atoms with E-state index in [1.165, 1.54) is 12.1 Å². The molecule has 3 N–H and O–H groups in total. The van der Waals surface area contributed by atoms with Crippen molar-refractivity contribution in [2.24, 2.45) is 5.84 Å². The van der Waals surface area contributed by atoms with Crippen LogP contribution in [0.1, 0.15) is 0 Å². The van der Waals surface area contributed by atoms with Crippen molar-refractivity contribution in [3.8, 4) is 28.7 Å². The van der Waals surface area contributed by atoms with Gasteiger partial charge in [0.1, 0.15) is 11.5 Å². The van der Waals surface area contributed by atoms with Crippen molar-refractivity contribution in [1.29, 1.82) is 0 Å². The summed E-state index contributed by atoms with van der Waals surface area (Å²) in [5, 5.41) is 0. The first-order valence-corrected chi connectivity index (χ1v) is 8.68. The average molecular weight is 370 g/mol. The van der Waals surface area contributed by atoms with Crippen molar-refractivity contribution >= 4 is 13.9 Å². The smallest absolute Gasteiger partial charge is 0.539 e. The van der Waals surface area contributed by atoms with E-state index in [-0.39, 0.29) is 17.2 Å². The van der Waals surface area contributed by atoms with Gasteiger partial charge in [0.25, 0.3) is 0 Å². The zero-order valence-corrected chi connectivity index (χ0v) is 14.4. The molecule has 3 aromatic rings. The summed E-state index contributed by atoms with van der Waals surface area (Å²) in [4.78, 5) is 11.1. The molecular formula is C18H15N2O5P. The normalized spacial score (nSPS) is 10.8. The molecular weight excluding hydrogens is 355 g/mol. The van der Waals surface area contributed by atoms with Crippen LogP contribution >= 0.6 is 8.25 Å². The van der Waals surface area contributed by atoms with Crippen LogP contribution in [-0.4, -0.2) is 0 Å². The van der Waals surface area contributed by atoms with Crippen LogP contribution in [0.2, 0.25) is 0 Å². The second-order valence-electron chi connectivity index (χ2n) is 5.06. The number of nitrogen functional groups attached to an aromatic ring is 1. The number of nitrogens with two attached hydrogens (primary N) is 1. The quantitative estimate of drug-likeness (QED) is 0.368. The van der Waals surface area contributed by atoms with Gasteiger partial charge >= 0.3 is 8.25 Å². The number of anilines is 1. The van der Waals surface area contributed by atoms with E-state index in [2.05, 4.69) is 5.43 Å². The first kappa shape index (κ1) is 17.7. The molecule has 0 aliphatic carbocycles. The van der Waals surface area contributed by atoms with Crippen LogP contribution in [0.15, 0.2) is 72.8 Å². The van der Waals surface area contributed by atoms with E-state index in [0.717, 1.165) is 0 Å². The summed E-state index contributed by atoms with van der Waals surface area (Å²) in [5.41, 5.74) is 2.91. The van der Waals surface area contributed by atoms with Gasteiger partial charge in [0, 0.05) is 0 Å². The molecule has 3 aromatic carbocycles. The summed E-state index contributed by atoms with van der Waals surface area (Å²) >= 11 is 0. The Morgan fingerprint density at radius 1 is 0.808 bits per heavy atom. The highest BCUT2D eigenvalue weighted by Gasteiger charge is 2.23. The summed E-state index contributed by atoms with van der Waals surface area (Å²) in [7, 11) is -3.14. The Morgan fingerprint density at radius 2 is 1.35 bits per heavy atom. The van der Waals surface area contributed by atoms with Crippen LogP contribution < -0.4 is 30.2 Å². The van der Waals surface area contributed by atoms with Gasteiger partial charge in [-0.05, 0) is 41.0 Å². The minimum absolute atomic E-state index is 0.0186. The Morgan fingerprint density at radius 3 is 1.85 bits per heavy atom. The topological polar surface area (TPSA) is 106 Å². The third kappa shape index (κ3) is 4.29. The van der Waals surface area contributed by atoms with E-state index in [0.29, 0.717) is 17.2 Å². The highest BCUT2D eigenvalue weighted by molar-refractivity contribution is 7.31. The van der Waals surface area contributed by atoms with E-state index in [1.807, 2.05) is 12.1 Å². The lowest BCUT2D eigenvalue weighted by atomic mass is 10.2. The van der Waals surface area contributed by atoms with E-state index in [9.17, 15) is 9.46 Å². The van der Waals surface area contributed by atoms with Gasteiger partial charge in [0.15, 0.2) is 5.75 Å². The molecule has 132 valence electrons. The van der Waals surface area contributed by atoms with Gasteiger partial charge in [0.2, 0.25) is 11.5 Å². The SMILES string of the molecule is NNc1ccc(O[P+](=O)[O-])c(Oc2ccccc2)c1Oc1ccccc1. The highest BCUT2D eigenvalue weighted by Crippen LogP contribution is 2.48. The van der Waals surface area contributed by atoms with Gasteiger partial charge in [-0.2, -0.15) is 0 Å². The second kappa shape index (κ2) is 8.31. The lowest BCUT2D eigenvalue weighted by Gasteiger charge is -2.17. The molecule has 26 heavy (non-hydrogen) atoms. The van der Waals surface area contributed by atoms with Crippen LogP contribution in [0.3, 0.4) is 0 Å². The highest BCUT2D eigenvalue weighted by atomic mass is 31.1. The summed E-state index contributed by atoms with van der Waals surface area (Å²) in [6, 6.07) is 20.7. The number of nitrogens with one attached hydrogen (secondary N) is 1. The van der Waals surface area contributed by atoms with Crippen molar-refractivity contribution < 1.29 is 23.5 Å². The summed E-state index contributed by atoms with van der Waals surface area (Å²) in [6.07, 6.45) is 0. The third-order valence-corrected chi connectivity index (χ3v) is 3.68. The largest absolute Gasteiger partial charge is 0.558 e. The Kier molecular flexibility index (Phi) is 5.66. The lowest BCUT2D eigenvalue weighted by molar-refractivity contribution is -0.178. The van der Waals surface area contributed by atoms with Crippen LogP contribution in [0, 0.1) is 0 Å². The molecule has 0 spiro atoms. The van der Waals surface area contributed by atoms with Crippen molar-refractivity contribution in [2.75, 3.05) is 5.43 Å².